The molecule has 120 valence electrons. The first kappa shape index (κ1) is 15.3. The molecule has 3 atom stereocenters. The normalized spacial score (nSPS) is 22.0. The minimum absolute atomic E-state index is 0.303. The van der Waals surface area contributed by atoms with Crippen LogP contribution in [0.1, 0.15) is 25.5 Å². The van der Waals surface area contributed by atoms with Crippen LogP contribution in [0.15, 0.2) is 42.5 Å². The number of hydrogen-bond donors (Lipinski definition) is 0. The SMILES string of the molecule is COC(=O)C1C(C)OC(=O)N1C(C)c1cccc2ccccc12. The number of fused-ring (bicyclic) bond motifs is 1. The number of hydrogen-bond acceptors (Lipinski definition) is 4. The Balaban J connectivity index is 2.05. The summed E-state index contributed by atoms with van der Waals surface area (Å²) in [6.07, 6.45) is -1.03. The van der Waals surface area contributed by atoms with Gasteiger partial charge in [-0.15, -0.1) is 0 Å². The van der Waals surface area contributed by atoms with Crippen molar-refractivity contribution in [1.82, 2.24) is 4.90 Å². The number of carbonyl (C=O) groups is 2. The third kappa shape index (κ3) is 2.52. The Bertz CT molecular complexity index is 752. The highest BCUT2D eigenvalue weighted by molar-refractivity contribution is 5.88. The molecule has 3 unspecified atom stereocenters. The predicted octanol–water partition coefficient (Wildman–Crippen LogP) is 3.28. The highest BCUT2D eigenvalue weighted by atomic mass is 16.6. The quantitative estimate of drug-likeness (QED) is 0.816. The van der Waals surface area contributed by atoms with Gasteiger partial charge in [0.15, 0.2) is 6.04 Å². The summed E-state index contributed by atoms with van der Waals surface area (Å²) in [7, 11) is 1.32. The molecule has 1 saturated heterocycles. The van der Waals surface area contributed by atoms with Crippen LogP contribution in [-0.4, -0.2) is 36.2 Å². The van der Waals surface area contributed by atoms with Gasteiger partial charge in [-0.25, -0.2) is 9.59 Å². The van der Waals surface area contributed by atoms with Gasteiger partial charge in [-0.05, 0) is 30.2 Å². The molecule has 1 fully saturated rings. The molecule has 23 heavy (non-hydrogen) atoms. The molecule has 0 radical (unpaired) electrons. The fourth-order valence-corrected chi connectivity index (χ4v) is 3.21. The summed E-state index contributed by atoms with van der Waals surface area (Å²) in [6.45, 7) is 3.60. The number of esters is 1. The molecule has 0 spiro atoms. The van der Waals surface area contributed by atoms with Crippen molar-refractivity contribution in [3.63, 3.8) is 0 Å². The van der Waals surface area contributed by atoms with Gasteiger partial charge in [-0.1, -0.05) is 42.5 Å². The van der Waals surface area contributed by atoms with E-state index in [1.165, 1.54) is 12.0 Å². The van der Waals surface area contributed by atoms with E-state index in [-0.39, 0.29) is 6.04 Å². The van der Waals surface area contributed by atoms with E-state index in [1.54, 1.807) is 6.92 Å². The molecule has 3 rings (SSSR count). The first-order chi connectivity index (χ1) is 11.0. The molecule has 0 saturated carbocycles. The number of amides is 1. The average Bonchev–Trinajstić information content (AvgIpc) is 2.87. The maximum atomic E-state index is 12.3. The van der Waals surface area contributed by atoms with Crippen molar-refractivity contribution < 1.29 is 19.1 Å². The Labute approximate surface area is 134 Å². The molecule has 1 aliphatic heterocycles. The van der Waals surface area contributed by atoms with Crippen molar-refractivity contribution in [1.29, 1.82) is 0 Å². The summed E-state index contributed by atoms with van der Waals surface area (Å²) in [5.41, 5.74) is 0.975. The summed E-state index contributed by atoms with van der Waals surface area (Å²) in [5.74, 6) is -0.463. The predicted molar refractivity (Wildman–Crippen MR) is 85.9 cm³/mol. The molecule has 0 aliphatic carbocycles. The first-order valence-corrected chi connectivity index (χ1v) is 7.59. The van der Waals surface area contributed by atoms with Crippen LogP contribution in [0.3, 0.4) is 0 Å². The van der Waals surface area contributed by atoms with Gasteiger partial charge in [0.05, 0.1) is 13.2 Å². The van der Waals surface area contributed by atoms with Crippen molar-refractivity contribution in [2.75, 3.05) is 7.11 Å². The van der Waals surface area contributed by atoms with Gasteiger partial charge in [0.25, 0.3) is 0 Å². The lowest BCUT2D eigenvalue weighted by Crippen LogP contribution is -2.44. The Morgan fingerprint density at radius 2 is 1.91 bits per heavy atom. The smallest absolute Gasteiger partial charge is 0.411 e. The molecular weight excluding hydrogens is 294 g/mol. The van der Waals surface area contributed by atoms with Crippen LogP contribution < -0.4 is 0 Å². The number of rotatable bonds is 3. The van der Waals surface area contributed by atoms with E-state index in [9.17, 15) is 9.59 Å². The fourth-order valence-electron chi connectivity index (χ4n) is 3.21. The Morgan fingerprint density at radius 3 is 2.65 bits per heavy atom. The molecule has 5 nitrogen and oxygen atoms in total. The van der Waals surface area contributed by atoms with Gasteiger partial charge in [-0.3, -0.25) is 4.90 Å². The molecule has 0 bridgehead atoms. The monoisotopic (exact) mass is 313 g/mol. The van der Waals surface area contributed by atoms with Gasteiger partial charge in [0.1, 0.15) is 6.10 Å². The standard InChI is InChI=1S/C18H19NO4/c1-11(14-10-6-8-13-7-4-5-9-15(13)14)19-16(17(20)22-3)12(2)23-18(19)21/h4-12,16H,1-3H3. The van der Waals surface area contributed by atoms with E-state index in [1.807, 2.05) is 49.4 Å². The lowest BCUT2D eigenvalue weighted by molar-refractivity contribution is -0.146. The summed E-state index contributed by atoms with van der Waals surface area (Å²) >= 11 is 0. The van der Waals surface area contributed by atoms with Crippen molar-refractivity contribution in [3.8, 4) is 0 Å². The average molecular weight is 313 g/mol. The number of nitrogens with zero attached hydrogens (tertiary/aromatic N) is 1. The zero-order chi connectivity index (χ0) is 16.6. The Morgan fingerprint density at radius 1 is 1.22 bits per heavy atom. The maximum absolute atomic E-state index is 12.3. The zero-order valence-electron chi connectivity index (χ0n) is 13.4. The van der Waals surface area contributed by atoms with E-state index in [2.05, 4.69) is 0 Å². The number of ether oxygens (including phenoxy) is 2. The maximum Gasteiger partial charge on any atom is 0.411 e. The third-order valence-corrected chi connectivity index (χ3v) is 4.38. The minimum atomic E-state index is -0.735. The van der Waals surface area contributed by atoms with Crippen LogP contribution in [0.4, 0.5) is 4.79 Å². The Kier molecular flexibility index (Phi) is 3.94. The lowest BCUT2D eigenvalue weighted by atomic mass is 9.97. The van der Waals surface area contributed by atoms with Crippen LogP contribution in [0, 0.1) is 0 Å². The molecule has 1 amide bonds. The second-order valence-corrected chi connectivity index (χ2v) is 5.71. The summed E-state index contributed by atoms with van der Waals surface area (Å²) < 4.78 is 10.1. The molecule has 5 heteroatoms. The van der Waals surface area contributed by atoms with E-state index in [4.69, 9.17) is 9.47 Å². The van der Waals surface area contributed by atoms with Crippen molar-refractivity contribution >= 4 is 22.8 Å². The first-order valence-electron chi connectivity index (χ1n) is 7.59. The fraction of sp³-hybridized carbons (Fsp3) is 0.333. The van der Waals surface area contributed by atoms with Gasteiger partial charge < -0.3 is 9.47 Å². The van der Waals surface area contributed by atoms with Crippen LogP contribution in [0.25, 0.3) is 10.8 Å². The molecule has 1 aliphatic rings. The van der Waals surface area contributed by atoms with Crippen molar-refractivity contribution in [3.05, 3.63) is 48.0 Å². The van der Waals surface area contributed by atoms with Crippen LogP contribution in [-0.2, 0) is 14.3 Å². The second kappa shape index (κ2) is 5.91. The van der Waals surface area contributed by atoms with E-state index < -0.39 is 24.2 Å². The highest BCUT2D eigenvalue weighted by Gasteiger charge is 2.47. The van der Waals surface area contributed by atoms with Crippen molar-refractivity contribution in [2.24, 2.45) is 0 Å². The minimum Gasteiger partial charge on any atom is -0.467 e. The largest absolute Gasteiger partial charge is 0.467 e. The number of benzene rings is 2. The molecule has 2 aromatic carbocycles. The zero-order valence-corrected chi connectivity index (χ0v) is 13.4. The lowest BCUT2D eigenvalue weighted by Gasteiger charge is -2.28. The molecule has 1 heterocycles. The summed E-state index contributed by atoms with van der Waals surface area (Å²) in [4.78, 5) is 25.8. The molecule has 0 N–H and O–H groups in total. The van der Waals surface area contributed by atoms with Crippen molar-refractivity contribution in [2.45, 2.75) is 32.0 Å². The van der Waals surface area contributed by atoms with Gasteiger partial charge in [0, 0.05) is 0 Å². The summed E-state index contributed by atoms with van der Waals surface area (Å²) in [5, 5.41) is 2.14. The highest BCUT2D eigenvalue weighted by Crippen LogP contribution is 2.34. The van der Waals surface area contributed by atoms with E-state index >= 15 is 0 Å². The number of carbonyl (C=O) groups excluding carboxylic acids is 2. The third-order valence-electron chi connectivity index (χ3n) is 4.38. The molecular formula is C18H19NO4. The molecule has 2 aromatic rings. The van der Waals surface area contributed by atoms with Gasteiger partial charge >= 0.3 is 12.1 Å². The number of methoxy groups -OCH3 is 1. The van der Waals surface area contributed by atoms with Crippen LogP contribution >= 0.6 is 0 Å². The topological polar surface area (TPSA) is 55.8 Å². The number of cyclic esters (lactones) is 1. The van der Waals surface area contributed by atoms with E-state index in [0.717, 1.165) is 16.3 Å². The van der Waals surface area contributed by atoms with Gasteiger partial charge in [0.2, 0.25) is 0 Å². The van der Waals surface area contributed by atoms with Crippen LogP contribution in [0.5, 0.6) is 0 Å². The van der Waals surface area contributed by atoms with Gasteiger partial charge in [-0.2, -0.15) is 0 Å². The Hall–Kier alpha value is -2.56. The van der Waals surface area contributed by atoms with Crippen LogP contribution in [0.2, 0.25) is 0 Å². The second-order valence-electron chi connectivity index (χ2n) is 5.71. The molecule has 0 aromatic heterocycles. The van der Waals surface area contributed by atoms with E-state index in [0.29, 0.717) is 0 Å². The summed E-state index contributed by atoms with van der Waals surface area (Å²) in [6, 6.07) is 12.9.